The van der Waals surface area contributed by atoms with Crippen LogP contribution in [0.25, 0.3) is 0 Å². The molecule has 21 heavy (non-hydrogen) atoms. The van der Waals surface area contributed by atoms with E-state index in [1.165, 1.54) is 0 Å². The highest BCUT2D eigenvalue weighted by molar-refractivity contribution is 5.84. The van der Waals surface area contributed by atoms with Gasteiger partial charge in [-0.05, 0) is 32.4 Å². The average molecular weight is 292 g/mol. The fourth-order valence-corrected chi connectivity index (χ4v) is 1.71. The molecule has 0 fully saturated rings. The summed E-state index contributed by atoms with van der Waals surface area (Å²) in [5, 5.41) is 0. The van der Waals surface area contributed by atoms with Crippen LogP contribution in [0.2, 0.25) is 0 Å². The van der Waals surface area contributed by atoms with Gasteiger partial charge in [0.1, 0.15) is 5.75 Å². The lowest BCUT2D eigenvalue weighted by molar-refractivity contribution is -0.132. The molecule has 0 aliphatic carbocycles. The van der Waals surface area contributed by atoms with E-state index in [-0.39, 0.29) is 11.8 Å². The Labute approximate surface area is 126 Å². The van der Waals surface area contributed by atoms with Crippen molar-refractivity contribution in [2.45, 2.75) is 52.6 Å². The Morgan fingerprint density at radius 1 is 1.14 bits per heavy atom. The number of rotatable bonds is 7. The van der Waals surface area contributed by atoms with Crippen LogP contribution in [0.15, 0.2) is 24.3 Å². The van der Waals surface area contributed by atoms with Crippen LogP contribution in [0, 0.1) is 6.92 Å². The predicted octanol–water partition coefficient (Wildman–Crippen LogP) is 2.49. The van der Waals surface area contributed by atoms with Crippen LogP contribution in [0.1, 0.15) is 45.1 Å². The predicted molar refractivity (Wildman–Crippen MR) is 81.7 cm³/mol. The van der Waals surface area contributed by atoms with Gasteiger partial charge in [0.25, 0.3) is 5.91 Å². The number of carbonyl (C=O) groups excluding carboxylic acids is 2. The topological polar surface area (TPSA) is 67.4 Å². The molecule has 0 bridgehead atoms. The molecule has 5 nitrogen and oxygen atoms in total. The van der Waals surface area contributed by atoms with E-state index >= 15 is 0 Å². The number of ether oxygens (including phenoxy) is 1. The Balaban J connectivity index is 2.30. The molecule has 0 saturated heterocycles. The maximum Gasteiger partial charge on any atom is 0.279 e. The molecule has 0 heterocycles. The molecule has 1 aromatic rings. The molecule has 1 unspecified atom stereocenters. The largest absolute Gasteiger partial charge is 0.481 e. The molecule has 0 saturated carbocycles. The van der Waals surface area contributed by atoms with Crippen LogP contribution in [0.5, 0.6) is 5.75 Å². The van der Waals surface area contributed by atoms with Gasteiger partial charge in [-0.3, -0.25) is 20.4 Å². The fourth-order valence-electron chi connectivity index (χ4n) is 1.71. The molecule has 1 aromatic carbocycles. The van der Waals surface area contributed by atoms with Crippen molar-refractivity contribution < 1.29 is 14.3 Å². The van der Waals surface area contributed by atoms with Gasteiger partial charge in [0.05, 0.1) is 0 Å². The summed E-state index contributed by atoms with van der Waals surface area (Å²) >= 11 is 0. The standard InChI is InChI=1S/C16H24N2O3/c1-4-5-6-7-15(19)17-18-16(20)13(3)21-14-10-8-12(2)9-11-14/h8-11,13H,4-7H2,1-3H3,(H,17,19)(H,18,20). The zero-order chi connectivity index (χ0) is 15.7. The molecule has 1 rings (SSSR count). The number of hydrazine groups is 1. The number of amides is 2. The molecule has 2 amide bonds. The zero-order valence-corrected chi connectivity index (χ0v) is 12.9. The van der Waals surface area contributed by atoms with Gasteiger partial charge in [0, 0.05) is 6.42 Å². The normalized spacial score (nSPS) is 11.6. The van der Waals surface area contributed by atoms with Crippen molar-refractivity contribution in [2.75, 3.05) is 0 Å². The molecule has 5 heteroatoms. The van der Waals surface area contributed by atoms with Crippen molar-refractivity contribution in [1.29, 1.82) is 0 Å². The smallest absolute Gasteiger partial charge is 0.279 e. The number of hydrogen-bond acceptors (Lipinski definition) is 3. The lowest BCUT2D eigenvalue weighted by atomic mass is 10.2. The van der Waals surface area contributed by atoms with Crippen molar-refractivity contribution in [2.24, 2.45) is 0 Å². The van der Waals surface area contributed by atoms with E-state index in [0.29, 0.717) is 12.2 Å². The Kier molecular flexibility index (Phi) is 7.29. The highest BCUT2D eigenvalue weighted by atomic mass is 16.5. The van der Waals surface area contributed by atoms with E-state index in [2.05, 4.69) is 17.8 Å². The maximum absolute atomic E-state index is 11.8. The van der Waals surface area contributed by atoms with Crippen LogP contribution in [-0.2, 0) is 9.59 Å². The van der Waals surface area contributed by atoms with Gasteiger partial charge in [0.2, 0.25) is 5.91 Å². The Morgan fingerprint density at radius 3 is 2.43 bits per heavy atom. The third-order valence-electron chi connectivity index (χ3n) is 3.04. The van der Waals surface area contributed by atoms with Crippen molar-refractivity contribution in [3.63, 3.8) is 0 Å². The third-order valence-corrected chi connectivity index (χ3v) is 3.04. The second-order valence-corrected chi connectivity index (χ2v) is 5.07. The number of unbranched alkanes of at least 4 members (excludes halogenated alkanes) is 2. The second-order valence-electron chi connectivity index (χ2n) is 5.07. The van der Waals surface area contributed by atoms with Gasteiger partial charge in [-0.25, -0.2) is 0 Å². The average Bonchev–Trinajstić information content (AvgIpc) is 2.47. The summed E-state index contributed by atoms with van der Waals surface area (Å²) in [5.74, 6) is 0.0660. The summed E-state index contributed by atoms with van der Waals surface area (Å²) in [7, 11) is 0. The summed E-state index contributed by atoms with van der Waals surface area (Å²) in [6, 6.07) is 7.44. The quantitative estimate of drug-likeness (QED) is 0.599. The van der Waals surface area contributed by atoms with Gasteiger partial charge < -0.3 is 4.74 Å². The molecular formula is C16H24N2O3. The van der Waals surface area contributed by atoms with Crippen molar-refractivity contribution in [3.05, 3.63) is 29.8 Å². The molecule has 0 spiro atoms. The lowest BCUT2D eigenvalue weighted by Crippen LogP contribution is -2.47. The molecule has 1 atom stereocenters. The zero-order valence-electron chi connectivity index (χ0n) is 12.9. The van der Waals surface area contributed by atoms with Crippen molar-refractivity contribution in [1.82, 2.24) is 10.9 Å². The van der Waals surface area contributed by atoms with Gasteiger partial charge in [-0.1, -0.05) is 37.5 Å². The molecule has 0 radical (unpaired) electrons. The second kappa shape index (κ2) is 9.00. The molecule has 0 aromatic heterocycles. The Hall–Kier alpha value is -2.04. The van der Waals surface area contributed by atoms with Crippen LogP contribution >= 0.6 is 0 Å². The molecule has 2 N–H and O–H groups in total. The van der Waals surface area contributed by atoms with E-state index in [4.69, 9.17) is 4.74 Å². The number of aryl methyl sites for hydroxylation is 1. The Bertz CT molecular complexity index is 457. The monoisotopic (exact) mass is 292 g/mol. The van der Waals surface area contributed by atoms with Crippen molar-refractivity contribution >= 4 is 11.8 Å². The molecule has 116 valence electrons. The van der Waals surface area contributed by atoms with E-state index in [1.807, 2.05) is 31.2 Å². The van der Waals surface area contributed by atoms with E-state index < -0.39 is 6.10 Å². The van der Waals surface area contributed by atoms with Gasteiger partial charge >= 0.3 is 0 Å². The first-order valence-electron chi connectivity index (χ1n) is 7.35. The maximum atomic E-state index is 11.8. The SMILES string of the molecule is CCCCCC(=O)NNC(=O)C(C)Oc1ccc(C)cc1. The minimum atomic E-state index is -0.677. The lowest BCUT2D eigenvalue weighted by Gasteiger charge is -2.15. The highest BCUT2D eigenvalue weighted by Crippen LogP contribution is 2.13. The van der Waals surface area contributed by atoms with Crippen molar-refractivity contribution in [3.8, 4) is 5.75 Å². The van der Waals surface area contributed by atoms with Crippen LogP contribution in [0.4, 0.5) is 0 Å². The van der Waals surface area contributed by atoms with Crippen LogP contribution in [-0.4, -0.2) is 17.9 Å². The van der Waals surface area contributed by atoms with E-state index in [9.17, 15) is 9.59 Å². The molecular weight excluding hydrogens is 268 g/mol. The Morgan fingerprint density at radius 2 is 1.81 bits per heavy atom. The van der Waals surface area contributed by atoms with Gasteiger partial charge in [0.15, 0.2) is 6.10 Å². The number of carbonyl (C=O) groups is 2. The summed E-state index contributed by atoms with van der Waals surface area (Å²) in [6.45, 7) is 5.69. The number of hydrogen-bond donors (Lipinski definition) is 2. The summed E-state index contributed by atoms with van der Waals surface area (Å²) in [4.78, 5) is 23.3. The molecule has 0 aliphatic rings. The number of benzene rings is 1. The first-order valence-corrected chi connectivity index (χ1v) is 7.35. The van der Waals surface area contributed by atoms with Crippen LogP contribution < -0.4 is 15.6 Å². The molecule has 0 aliphatic heterocycles. The fraction of sp³-hybridized carbons (Fsp3) is 0.500. The minimum absolute atomic E-state index is 0.181. The number of nitrogens with one attached hydrogen (secondary N) is 2. The van der Waals surface area contributed by atoms with Crippen LogP contribution in [0.3, 0.4) is 0 Å². The third kappa shape index (κ3) is 6.79. The van der Waals surface area contributed by atoms with E-state index in [0.717, 1.165) is 24.8 Å². The van der Waals surface area contributed by atoms with Gasteiger partial charge in [-0.15, -0.1) is 0 Å². The minimum Gasteiger partial charge on any atom is -0.481 e. The first kappa shape index (κ1) is 17.0. The summed E-state index contributed by atoms with van der Waals surface area (Å²) < 4.78 is 5.50. The first-order chi connectivity index (χ1) is 10.0. The highest BCUT2D eigenvalue weighted by Gasteiger charge is 2.15. The summed E-state index contributed by atoms with van der Waals surface area (Å²) in [6.07, 6.45) is 2.63. The van der Waals surface area contributed by atoms with Gasteiger partial charge in [-0.2, -0.15) is 0 Å². The summed E-state index contributed by atoms with van der Waals surface area (Å²) in [5.41, 5.74) is 5.90. The van der Waals surface area contributed by atoms with E-state index in [1.54, 1.807) is 6.92 Å².